The van der Waals surface area contributed by atoms with Crippen LogP contribution in [0.25, 0.3) is 5.65 Å². The molecule has 2 aromatic rings. The maximum atomic E-state index is 12.2. The molecule has 110 valence electrons. The first-order valence-electron chi connectivity index (χ1n) is 7.63. The summed E-state index contributed by atoms with van der Waals surface area (Å²) in [5.74, 6) is 1.04. The highest BCUT2D eigenvalue weighted by Gasteiger charge is 2.34. The number of hydrogen-bond donors (Lipinski definition) is 2. The van der Waals surface area contributed by atoms with Crippen LogP contribution >= 0.6 is 0 Å². The molecule has 0 aromatic carbocycles. The molecule has 21 heavy (non-hydrogen) atoms. The summed E-state index contributed by atoms with van der Waals surface area (Å²) >= 11 is 0. The van der Waals surface area contributed by atoms with Crippen LogP contribution in [0.3, 0.4) is 0 Å². The Balaban J connectivity index is 1.42. The molecule has 1 amide bonds. The lowest BCUT2D eigenvalue weighted by Gasteiger charge is -2.28. The highest BCUT2D eigenvalue weighted by Crippen LogP contribution is 2.32. The van der Waals surface area contributed by atoms with Crippen molar-refractivity contribution in [3.63, 3.8) is 0 Å². The van der Waals surface area contributed by atoms with Crippen molar-refractivity contribution in [3.05, 3.63) is 24.4 Å². The average molecular weight is 285 g/mol. The van der Waals surface area contributed by atoms with Crippen LogP contribution in [0.4, 0.5) is 5.95 Å². The van der Waals surface area contributed by atoms with Crippen molar-refractivity contribution in [2.24, 2.45) is 5.92 Å². The Kier molecular flexibility index (Phi) is 3.11. The summed E-state index contributed by atoms with van der Waals surface area (Å²) in [5.41, 5.74) is 0.743. The van der Waals surface area contributed by atoms with Gasteiger partial charge in [-0.3, -0.25) is 14.5 Å². The van der Waals surface area contributed by atoms with Gasteiger partial charge >= 0.3 is 0 Å². The van der Waals surface area contributed by atoms with Gasteiger partial charge in [0.1, 0.15) is 0 Å². The van der Waals surface area contributed by atoms with Crippen LogP contribution in [0.15, 0.2) is 24.4 Å². The summed E-state index contributed by atoms with van der Waals surface area (Å²) < 4.78 is 1.80. The van der Waals surface area contributed by atoms with Crippen molar-refractivity contribution in [3.8, 4) is 0 Å². The molecule has 2 N–H and O–H groups in total. The molecule has 2 aliphatic heterocycles. The van der Waals surface area contributed by atoms with E-state index in [0.29, 0.717) is 30.4 Å². The van der Waals surface area contributed by atoms with Crippen molar-refractivity contribution in [2.75, 3.05) is 5.32 Å². The number of nitrogens with one attached hydrogen (secondary N) is 2. The zero-order valence-corrected chi connectivity index (χ0v) is 11.8. The second kappa shape index (κ2) is 5.11. The molecule has 0 radical (unpaired) electrons. The maximum Gasteiger partial charge on any atom is 0.235 e. The lowest BCUT2D eigenvalue weighted by Crippen LogP contribution is -2.39. The lowest BCUT2D eigenvalue weighted by molar-refractivity contribution is -0.117. The van der Waals surface area contributed by atoms with Gasteiger partial charge in [0.05, 0.1) is 0 Å². The van der Waals surface area contributed by atoms with Crippen LogP contribution in [0, 0.1) is 5.92 Å². The first kappa shape index (κ1) is 12.8. The molecule has 2 bridgehead atoms. The zero-order chi connectivity index (χ0) is 14.2. The van der Waals surface area contributed by atoms with E-state index in [4.69, 9.17) is 0 Å². The third kappa shape index (κ3) is 2.51. The molecule has 2 atom stereocenters. The van der Waals surface area contributed by atoms with Gasteiger partial charge in [-0.15, -0.1) is 10.2 Å². The van der Waals surface area contributed by atoms with Crippen LogP contribution in [0.5, 0.6) is 0 Å². The average Bonchev–Trinajstić information content (AvgIpc) is 3.03. The van der Waals surface area contributed by atoms with Crippen LogP contribution in [-0.4, -0.2) is 32.6 Å². The molecule has 4 rings (SSSR count). The number of piperidine rings is 1. The van der Waals surface area contributed by atoms with Gasteiger partial charge in [0, 0.05) is 24.7 Å². The fourth-order valence-corrected chi connectivity index (χ4v) is 3.71. The number of nitrogens with zero attached hydrogens (tertiary/aromatic N) is 3. The second-order valence-corrected chi connectivity index (χ2v) is 6.18. The Morgan fingerprint density at radius 2 is 2.10 bits per heavy atom. The van der Waals surface area contributed by atoms with Gasteiger partial charge in [-0.25, -0.2) is 0 Å². The fraction of sp³-hybridized carbons (Fsp3) is 0.533. The number of rotatable bonds is 3. The van der Waals surface area contributed by atoms with E-state index in [1.807, 2.05) is 24.4 Å². The number of pyridine rings is 1. The summed E-state index contributed by atoms with van der Waals surface area (Å²) in [7, 11) is 0. The van der Waals surface area contributed by atoms with E-state index < -0.39 is 0 Å². The Labute approximate surface area is 122 Å². The summed E-state index contributed by atoms with van der Waals surface area (Å²) in [6, 6.07) is 6.91. The molecular formula is C15H19N5O. The molecule has 2 aliphatic rings. The minimum absolute atomic E-state index is 0.0412. The predicted octanol–water partition coefficient (Wildman–Crippen LogP) is 1.59. The fourth-order valence-electron chi connectivity index (χ4n) is 3.71. The number of amides is 1. The highest BCUT2D eigenvalue weighted by molar-refractivity contribution is 5.89. The van der Waals surface area contributed by atoms with Gasteiger partial charge in [-0.1, -0.05) is 6.07 Å². The SMILES string of the molecule is O=C(CC1CC2CCC(C1)N2)Nc1nnc2ccccn12. The standard InChI is InChI=1S/C15H19N5O/c21-14(9-10-7-11-4-5-12(8-10)16-11)17-15-19-18-13-3-1-2-6-20(13)15/h1-3,6,10-12,16H,4-5,7-9H2,(H,17,19,21). The van der Waals surface area contributed by atoms with Crippen LogP contribution < -0.4 is 10.6 Å². The predicted molar refractivity (Wildman–Crippen MR) is 78.9 cm³/mol. The Morgan fingerprint density at radius 3 is 2.90 bits per heavy atom. The summed E-state index contributed by atoms with van der Waals surface area (Å²) in [5, 5.41) is 14.6. The van der Waals surface area contributed by atoms with Gasteiger partial charge in [0.15, 0.2) is 5.65 Å². The molecule has 0 saturated carbocycles. The van der Waals surface area contributed by atoms with Crippen molar-refractivity contribution in [1.29, 1.82) is 0 Å². The molecule has 6 nitrogen and oxygen atoms in total. The summed E-state index contributed by atoms with van der Waals surface area (Å²) in [4.78, 5) is 12.2. The number of carbonyl (C=O) groups is 1. The van der Waals surface area contributed by atoms with E-state index in [2.05, 4.69) is 20.8 Å². The van der Waals surface area contributed by atoms with Crippen molar-refractivity contribution in [2.45, 2.75) is 44.2 Å². The smallest absolute Gasteiger partial charge is 0.235 e. The van der Waals surface area contributed by atoms with Gasteiger partial charge in [-0.05, 0) is 43.7 Å². The molecule has 0 aliphatic carbocycles. The third-order valence-corrected chi connectivity index (χ3v) is 4.61. The van der Waals surface area contributed by atoms with Crippen LogP contribution in [0.2, 0.25) is 0 Å². The molecule has 2 saturated heterocycles. The van der Waals surface area contributed by atoms with Crippen molar-refractivity contribution < 1.29 is 4.79 Å². The molecular weight excluding hydrogens is 266 g/mol. The van der Waals surface area contributed by atoms with E-state index >= 15 is 0 Å². The summed E-state index contributed by atoms with van der Waals surface area (Å²) in [6.07, 6.45) is 7.19. The van der Waals surface area contributed by atoms with E-state index in [1.54, 1.807) is 4.40 Å². The van der Waals surface area contributed by atoms with Gasteiger partial charge in [-0.2, -0.15) is 0 Å². The molecule has 0 spiro atoms. The Hall–Kier alpha value is -1.95. The van der Waals surface area contributed by atoms with Crippen molar-refractivity contribution in [1.82, 2.24) is 19.9 Å². The monoisotopic (exact) mass is 285 g/mol. The van der Waals surface area contributed by atoms with E-state index in [1.165, 1.54) is 12.8 Å². The number of carbonyl (C=O) groups excluding carboxylic acids is 1. The molecule has 4 heterocycles. The zero-order valence-electron chi connectivity index (χ0n) is 11.8. The topological polar surface area (TPSA) is 71.3 Å². The van der Waals surface area contributed by atoms with Gasteiger partial charge < -0.3 is 5.32 Å². The summed E-state index contributed by atoms with van der Waals surface area (Å²) in [6.45, 7) is 0. The minimum Gasteiger partial charge on any atom is -0.311 e. The Morgan fingerprint density at radius 1 is 1.29 bits per heavy atom. The largest absolute Gasteiger partial charge is 0.311 e. The molecule has 2 unspecified atom stereocenters. The first-order valence-corrected chi connectivity index (χ1v) is 7.63. The second-order valence-electron chi connectivity index (χ2n) is 6.18. The first-order chi connectivity index (χ1) is 10.3. The highest BCUT2D eigenvalue weighted by atomic mass is 16.1. The minimum atomic E-state index is 0.0412. The van der Waals surface area contributed by atoms with E-state index in [0.717, 1.165) is 18.5 Å². The van der Waals surface area contributed by atoms with Crippen LogP contribution in [0.1, 0.15) is 32.1 Å². The molecule has 2 fully saturated rings. The van der Waals surface area contributed by atoms with E-state index in [-0.39, 0.29) is 5.91 Å². The van der Waals surface area contributed by atoms with E-state index in [9.17, 15) is 4.79 Å². The normalized spacial score (nSPS) is 27.9. The number of fused-ring (bicyclic) bond motifs is 3. The lowest BCUT2D eigenvalue weighted by atomic mass is 9.89. The van der Waals surface area contributed by atoms with Crippen LogP contribution in [-0.2, 0) is 4.79 Å². The Bertz CT molecular complexity index is 655. The maximum absolute atomic E-state index is 12.2. The number of aromatic nitrogens is 3. The van der Waals surface area contributed by atoms with Crippen molar-refractivity contribution >= 4 is 17.5 Å². The quantitative estimate of drug-likeness (QED) is 0.898. The number of hydrogen-bond acceptors (Lipinski definition) is 4. The third-order valence-electron chi connectivity index (χ3n) is 4.61. The molecule has 2 aromatic heterocycles. The molecule has 6 heteroatoms. The number of anilines is 1. The van der Waals surface area contributed by atoms with Gasteiger partial charge in [0.2, 0.25) is 11.9 Å². The van der Waals surface area contributed by atoms with Gasteiger partial charge in [0.25, 0.3) is 0 Å².